The number of hydrogen-bond acceptors (Lipinski definition) is 2. The van der Waals surface area contributed by atoms with Gasteiger partial charge in [-0.05, 0) is 31.2 Å². The Labute approximate surface area is 120 Å². The van der Waals surface area contributed by atoms with Crippen LogP contribution >= 0.6 is 0 Å². The van der Waals surface area contributed by atoms with Crippen LogP contribution in [0, 0.1) is 5.92 Å². The van der Waals surface area contributed by atoms with Crippen LogP contribution in [0.5, 0.6) is 0 Å². The Morgan fingerprint density at radius 1 is 1.20 bits per heavy atom. The molecule has 1 heterocycles. The predicted octanol–water partition coefficient (Wildman–Crippen LogP) is 2.93. The van der Waals surface area contributed by atoms with Crippen LogP contribution in [0.4, 0.5) is 4.79 Å². The lowest BCUT2D eigenvalue weighted by molar-refractivity contribution is -0.131. The van der Waals surface area contributed by atoms with Crippen LogP contribution in [0.25, 0.3) is 0 Å². The molecule has 1 aromatic carbocycles. The highest BCUT2D eigenvalue weighted by Gasteiger charge is 2.47. The van der Waals surface area contributed by atoms with E-state index in [9.17, 15) is 9.59 Å². The molecule has 108 valence electrons. The van der Waals surface area contributed by atoms with E-state index in [1.54, 1.807) is 0 Å². The number of carbonyl (C=O) groups is 2. The summed E-state index contributed by atoms with van der Waals surface area (Å²) < 4.78 is 0. The van der Waals surface area contributed by atoms with Gasteiger partial charge in [0.05, 0.1) is 6.54 Å². The first kappa shape index (κ1) is 14.6. The summed E-state index contributed by atoms with van der Waals surface area (Å²) in [6.45, 7) is 6.39. The van der Waals surface area contributed by atoms with Crippen LogP contribution in [0.1, 0.15) is 39.2 Å². The van der Waals surface area contributed by atoms with Crippen LogP contribution in [-0.4, -0.2) is 22.4 Å². The quantitative estimate of drug-likeness (QED) is 0.839. The molecule has 20 heavy (non-hydrogen) atoms. The third-order valence-electron chi connectivity index (χ3n) is 3.75. The molecule has 1 aliphatic heterocycles. The maximum Gasteiger partial charge on any atom is 0.325 e. The topological polar surface area (TPSA) is 49.4 Å². The average Bonchev–Trinajstić information content (AvgIpc) is 2.62. The fraction of sp³-hybridized carbons (Fsp3) is 0.500. The van der Waals surface area contributed by atoms with Crippen LogP contribution in [0.2, 0.25) is 0 Å². The lowest BCUT2D eigenvalue weighted by Gasteiger charge is -2.22. The smallest absolute Gasteiger partial charge is 0.323 e. The van der Waals surface area contributed by atoms with Crippen molar-refractivity contribution < 1.29 is 9.59 Å². The molecule has 4 heteroatoms. The number of rotatable bonds is 5. The van der Waals surface area contributed by atoms with Crippen molar-refractivity contribution in [1.29, 1.82) is 0 Å². The second-order valence-corrected chi connectivity index (χ2v) is 6.07. The molecule has 1 saturated heterocycles. The highest BCUT2D eigenvalue weighted by molar-refractivity contribution is 6.06. The van der Waals surface area contributed by atoms with E-state index in [1.807, 2.05) is 37.3 Å². The molecule has 4 nitrogen and oxygen atoms in total. The molecule has 3 amide bonds. The SMILES string of the molecule is CC(C)CCC1(C)NC(=O)N(Cc2ccccc2)C1=O. The third kappa shape index (κ3) is 3.00. The monoisotopic (exact) mass is 274 g/mol. The number of nitrogens with one attached hydrogen (secondary N) is 1. The number of benzene rings is 1. The van der Waals surface area contributed by atoms with Crippen LogP contribution in [-0.2, 0) is 11.3 Å². The molecule has 1 aromatic rings. The van der Waals surface area contributed by atoms with Gasteiger partial charge in [0.1, 0.15) is 5.54 Å². The first-order valence-corrected chi connectivity index (χ1v) is 7.10. The molecule has 1 atom stereocenters. The standard InChI is InChI=1S/C16H22N2O2/c1-12(2)9-10-16(3)14(19)18(15(20)17-16)11-13-7-5-4-6-8-13/h4-8,12H,9-11H2,1-3H3,(H,17,20). The maximum atomic E-state index is 12.5. The van der Waals surface area contributed by atoms with Crippen molar-refractivity contribution >= 4 is 11.9 Å². The molecular weight excluding hydrogens is 252 g/mol. The van der Waals surface area contributed by atoms with E-state index >= 15 is 0 Å². The number of nitrogens with zero attached hydrogens (tertiary/aromatic N) is 1. The number of amides is 3. The summed E-state index contributed by atoms with van der Waals surface area (Å²) in [5.41, 5.74) is 0.208. The Hall–Kier alpha value is -1.84. The molecular formula is C16H22N2O2. The second-order valence-electron chi connectivity index (χ2n) is 6.07. The molecule has 1 fully saturated rings. The molecule has 0 aliphatic carbocycles. The summed E-state index contributed by atoms with van der Waals surface area (Å²) >= 11 is 0. The van der Waals surface area contributed by atoms with Crippen LogP contribution in [0.3, 0.4) is 0 Å². The molecule has 0 spiro atoms. The van der Waals surface area contributed by atoms with Crippen molar-refractivity contribution in [1.82, 2.24) is 10.2 Å². The fourth-order valence-corrected chi connectivity index (χ4v) is 2.40. The van der Waals surface area contributed by atoms with Crippen molar-refractivity contribution in [3.63, 3.8) is 0 Å². The van der Waals surface area contributed by atoms with E-state index in [2.05, 4.69) is 19.2 Å². The van der Waals surface area contributed by atoms with Crippen molar-refractivity contribution in [3.05, 3.63) is 35.9 Å². The largest absolute Gasteiger partial charge is 0.325 e. The van der Waals surface area contributed by atoms with Crippen molar-refractivity contribution in [3.8, 4) is 0 Å². The third-order valence-corrected chi connectivity index (χ3v) is 3.75. The molecule has 0 bridgehead atoms. The minimum absolute atomic E-state index is 0.119. The fourth-order valence-electron chi connectivity index (χ4n) is 2.40. The first-order valence-electron chi connectivity index (χ1n) is 7.10. The highest BCUT2D eigenvalue weighted by atomic mass is 16.2. The van der Waals surface area contributed by atoms with E-state index in [0.717, 1.165) is 12.0 Å². The predicted molar refractivity (Wildman–Crippen MR) is 78.0 cm³/mol. The van der Waals surface area contributed by atoms with Gasteiger partial charge in [-0.1, -0.05) is 44.2 Å². The number of hydrogen-bond donors (Lipinski definition) is 1. The summed E-state index contributed by atoms with van der Waals surface area (Å²) in [4.78, 5) is 25.9. The van der Waals surface area contributed by atoms with E-state index in [4.69, 9.17) is 0 Å². The lowest BCUT2D eigenvalue weighted by atomic mass is 9.92. The molecule has 0 saturated carbocycles. The molecule has 1 unspecified atom stereocenters. The molecule has 1 aliphatic rings. The normalized spacial score (nSPS) is 22.5. The Bertz CT molecular complexity index is 498. The maximum absolute atomic E-state index is 12.5. The van der Waals surface area contributed by atoms with Crippen LogP contribution in [0.15, 0.2) is 30.3 Å². The van der Waals surface area contributed by atoms with Gasteiger partial charge in [0.25, 0.3) is 5.91 Å². The van der Waals surface area contributed by atoms with Gasteiger partial charge in [0, 0.05) is 0 Å². The van der Waals surface area contributed by atoms with E-state index in [-0.39, 0.29) is 11.9 Å². The zero-order valence-electron chi connectivity index (χ0n) is 12.3. The van der Waals surface area contributed by atoms with Gasteiger partial charge in [0.2, 0.25) is 0 Å². The van der Waals surface area contributed by atoms with Gasteiger partial charge >= 0.3 is 6.03 Å². The number of urea groups is 1. The van der Waals surface area contributed by atoms with Crippen molar-refractivity contribution in [2.24, 2.45) is 5.92 Å². The van der Waals surface area contributed by atoms with Gasteiger partial charge in [-0.3, -0.25) is 9.69 Å². The van der Waals surface area contributed by atoms with E-state index in [0.29, 0.717) is 18.9 Å². The van der Waals surface area contributed by atoms with Crippen molar-refractivity contribution in [2.45, 2.75) is 45.7 Å². The molecule has 2 rings (SSSR count). The average molecular weight is 274 g/mol. The van der Waals surface area contributed by atoms with Gasteiger partial charge in [-0.2, -0.15) is 0 Å². The minimum atomic E-state index is -0.754. The molecule has 0 aromatic heterocycles. The number of imide groups is 1. The summed E-state index contributed by atoms with van der Waals surface area (Å²) in [6, 6.07) is 9.29. The van der Waals surface area contributed by atoms with Gasteiger partial charge in [-0.15, -0.1) is 0 Å². The van der Waals surface area contributed by atoms with Gasteiger partial charge in [0.15, 0.2) is 0 Å². The van der Waals surface area contributed by atoms with E-state index in [1.165, 1.54) is 4.90 Å². The zero-order chi connectivity index (χ0) is 14.8. The summed E-state index contributed by atoms with van der Waals surface area (Å²) in [6.07, 6.45) is 1.60. The van der Waals surface area contributed by atoms with E-state index < -0.39 is 5.54 Å². The second kappa shape index (κ2) is 5.65. The lowest BCUT2D eigenvalue weighted by Crippen LogP contribution is -2.44. The zero-order valence-corrected chi connectivity index (χ0v) is 12.3. The Morgan fingerprint density at radius 2 is 1.85 bits per heavy atom. The van der Waals surface area contributed by atoms with Crippen molar-refractivity contribution in [2.75, 3.05) is 0 Å². The van der Waals surface area contributed by atoms with Crippen LogP contribution < -0.4 is 5.32 Å². The minimum Gasteiger partial charge on any atom is -0.323 e. The summed E-state index contributed by atoms with van der Waals surface area (Å²) in [5, 5.41) is 2.84. The number of carbonyl (C=O) groups excluding carboxylic acids is 2. The summed E-state index contributed by atoms with van der Waals surface area (Å²) in [5.74, 6) is 0.395. The Balaban J connectivity index is 2.09. The highest BCUT2D eigenvalue weighted by Crippen LogP contribution is 2.25. The van der Waals surface area contributed by atoms with Gasteiger partial charge < -0.3 is 5.32 Å². The molecule has 0 radical (unpaired) electrons. The van der Waals surface area contributed by atoms with Gasteiger partial charge in [-0.25, -0.2) is 4.79 Å². The Morgan fingerprint density at radius 3 is 2.45 bits per heavy atom. The first-order chi connectivity index (χ1) is 9.42. The summed E-state index contributed by atoms with van der Waals surface area (Å²) in [7, 11) is 0. The Kier molecular flexibility index (Phi) is 4.12. The molecule has 1 N–H and O–H groups in total.